The lowest BCUT2D eigenvalue weighted by molar-refractivity contribution is -0.142. The first-order valence-electron chi connectivity index (χ1n) is 8.93. The summed E-state index contributed by atoms with van der Waals surface area (Å²) in [5.74, 6) is 1.41. The van der Waals surface area contributed by atoms with Crippen molar-refractivity contribution in [1.29, 1.82) is 0 Å². The van der Waals surface area contributed by atoms with Crippen molar-refractivity contribution in [3.63, 3.8) is 0 Å². The lowest BCUT2D eigenvalue weighted by Crippen LogP contribution is -2.54. The molecule has 4 nitrogen and oxygen atoms in total. The molecule has 1 aliphatic carbocycles. The third-order valence-corrected chi connectivity index (χ3v) is 5.30. The van der Waals surface area contributed by atoms with Crippen molar-refractivity contribution >= 4 is 0 Å². The molecular formula is C20H29NO3. The minimum Gasteiger partial charge on any atom is -0.497 e. The Morgan fingerprint density at radius 1 is 1.38 bits per heavy atom. The zero-order chi connectivity index (χ0) is 16.8. The molecule has 0 aromatic heterocycles. The van der Waals surface area contributed by atoms with Crippen LogP contribution in [0, 0.1) is 5.92 Å². The first kappa shape index (κ1) is 17.5. The summed E-state index contributed by atoms with van der Waals surface area (Å²) in [5.41, 5.74) is 1.30. The van der Waals surface area contributed by atoms with Crippen molar-refractivity contribution in [2.75, 3.05) is 40.0 Å². The van der Waals surface area contributed by atoms with E-state index in [1.54, 1.807) is 7.11 Å². The van der Waals surface area contributed by atoms with Gasteiger partial charge in [-0.05, 0) is 30.5 Å². The van der Waals surface area contributed by atoms with Gasteiger partial charge in [0, 0.05) is 25.6 Å². The van der Waals surface area contributed by atoms with Crippen LogP contribution >= 0.6 is 0 Å². The molecule has 2 aliphatic rings. The van der Waals surface area contributed by atoms with E-state index >= 15 is 0 Å². The smallest absolute Gasteiger partial charge is 0.118 e. The molecule has 132 valence electrons. The summed E-state index contributed by atoms with van der Waals surface area (Å²) in [6, 6.07) is 8.38. The Hall–Kier alpha value is -1.36. The van der Waals surface area contributed by atoms with Gasteiger partial charge < -0.3 is 14.2 Å². The van der Waals surface area contributed by atoms with E-state index in [1.165, 1.54) is 18.4 Å². The second-order valence-corrected chi connectivity index (χ2v) is 6.89. The van der Waals surface area contributed by atoms with E-state index in [4.69, 9.17) is 14.2 Å². The van der Waals surface area contributed by atoms with E-state index in [-0.39, 0.29) is 5.60 Å². The largest absolute Gasteiger partial charge is 0.497 e. The molecule has 0 unspecified atom stereocenters. The van der Waals surface area contributed by atoms with Crippen molar-refractivity contribution < 1.29 is 14.2 Å². The zero-order valence-corrected chi connectivity index (χ0v) is 14.7. The fourth-order valence-electron chi connectivity index (χ4n) is 4.05. The highest BCUT2D eigenvalue weighted by atomic mass is 16.5. The molecule has 1 aromatic rings. The van der Waals surface area contributed by atoms with Crippen LogP contribution in [0.2, 0.25) is 0 Å². The molecule has 1 spiro atoms. The van der Waals surface area contributed by atoms with Crippen LogP contribution in [0.3, 0.4) is 0 Å². The monoisotopic (exact) mass is 331 g/mol. The molecule has 4 heteroatoms. The summed E-state index contributed by atoms with van der Waals surface area (Å²) in [7, 11) is 1.70. The Morgan fingerprint density at radius 3 is 2.96 bits per heavy atom. The number of methoxy groups -OCH3 is 1. The van der Waals surface area contributed by atoms with Gasteiger partial charge in [-0.3, -0.25) is 4.90 Å². The molecule has 1 saturated heterocycles. The van der Waals surface area contributed by atoms with Crippen LogP contribution in [0.15, 0.2) is 36.9 Å². The lowest BCUT2D eigenvalue weighted by Gasteiger charge is -2.44. The fraction of sp³-hybridized carbons (Fsp3) is 0.600. The second-order valence-electron chi connectivity index (χ2n) is 6.89. The van der Waals surface area contributed by atoms with Gasteiger partial charge in [0.05, 0.1) is 32.5 Å². The van der Waals surface area contributed by atoms with Gasteiger partial charge in [0.15, 0.2) is 0 Å². The Balaban J connectivity index is 1.61. The van der Waals surface area contributed by atoms with E-state index < -0.39 is 0 Å². The van der Waals surface area contributed by atoms with Gasteiger partial charge in [-0.15, -0.1) is 6.58 Å². The van der Waals surface area contributed by atoms with Gasteiger partial charge in [-0.2, -0.15) is 0 Å². The van der Waals surface area contributed by atoms with Crippen molar-refractivity contribution in [3.05, 3.63) is 42.5 Å². The van der Waals surface area contributed by atoms with Crippen LogP contribution in [-0.2, 0) is 16.0 Å². The first-order chi connectivity index (χ1) is 11.8. The Labute approximate surface area is 145 Å². The highest BCUT2D eigenvalue weighted by molar-refractivity contribution is 5.27. The molecule has 2 atom stereocenters. The predicted octanol–water partition coefficient (Wildman–Crippen LogP) is 3.27. The van der Waals surface area contributed by atoms with E-state index in [2.05, 4.69) is 23.6 Å². The molecule has 1 heterocycles. The molecule has 0 bridgehead atoms. The van der Waals surface area contributed by atoms with E-state index in [0.717, 1.165) is 45.0 Å². The third kappa shape index (κ3) is 4.00. The molecular weight excluding hydrogens is 302 g/mol. The molecule has 0 amide bonds. The van der Waals surface area contributed by atoms with Crippen molar-refractivity contribution in [2.45, 2.75) is 31.4 Å². The van der Waals surface area contributed by atoms with Crippen LogP contribution < -0.4 is 4.74 Å². The quantitative estimate of drug-likeness (QED) is 0.567. The maximum Gasteiger partial charge on any atom is 0.118 e. The van der Waals surface area contributed by atoms with Crippen LogP contribution in [0.5, 0.6) is 5.75 Å². The molecule has 1 aliphatic heterocycles. The lowest BCUT2D eigenvalue weighted by atomic mass is 9.89. The second kappa shape index (κ2) is 8.15. The van der Waals surface area contributed by atoms with Crippen LogP contribution in [0.25, 0.3) is 0 Å². The summed E-state index contributed by atoms with van der Waals surface area (Å²) in [4.78, 5) is 2.52. The van der Waals surface area contributed by atoms with Gasteiger partial charge in [0.1, 0.15) is 5.75 Å². The summed E-state index contributed by atoms with van der Waals surface area (Å²) in [6.07, 6.45) is 5.40. The maximum absolute atomic E-state index is 6.31. The average molecular weight is 331 g/mol. The fourth-order valence-corrected chi connectivity index (χ4v) is 4.05. The molecule has 3 rings (SSSR count). The standard InChI is InChI=1S/C20H29NO3/c1-3-12-23-15-18-5-4-10-20(18)16-21(11-13-24-20)14-17-6-8-19(22-2)9-7-17/h3,6-9,18H,1,4-5,10-16H2,2H3/t18-,20+/m0/s1. The Bertz CT molecular complexity index is 530. The highest BCUT2D eigenvalue weighted by Gasteiger charge is 2.46. The SMILES string of the molecule is C=CCOC[C@@H]1CCC[C@@]12CN(Cc1ccc(OC)cc1)CCO2. The normalized spacial score (nSPS) is 27.5. The van der Waals surface area contributed by atoms with Crippen LogP contribution in [0.4, 0.5) is 0 Å². The van der Waals surface area contributed by atoms with Crippen molar-refractivity contribution in [3.8, 4) is 5.75 Å². The topological polar surface area (TPSA) is 30.9 Å². The molecule has 24 heavy (non-hydrogen) atoms. The number of hydrogen-bond acceptors (Lipinski definition) is 4. The zero-order valence-electron chi connectivity index (χ0n) is 14.7. The minimum absolute atomic E-state index is 0.0219. The number of ether oxygens (including phenoxy) is 3. The van der Waals surface area contributed by atoms with E-state index in [9.17, 15) is 0 Å². The average Bonchev–Trinajstić information content (AvgIpc) is 2.98. The van der Waals surface area contributed by atoms with Crippen LogP contribution in [-0.4, -0.2) is 50.5 Å². The minimum atomic E-state index is -0.0219. The van der Waals surface area contributed by atoms with Gasteiger partial charge >= 0.3 is 0 Å². The maximum atomic E-state index is 6.31. The highest BCUT2D eigenvalue weighted by Crippen LogP contribution is 2.41. The number of hydrogen-bond donors (Lipinski definition) is 0. The number of benzene rings is 1. The summed E-state index contributed by atoms with van der Waals surface area (Å²) in [5, 5.41) is 0. The molecule has 1 saturated carbocycles. The van der Waals surface area contributed by atoms with Crippen molar-refractivity contribution in [1.82, 2.24) is 4.90 Å². The Kier molecular flexibility index (Phi) is 5.93. The number of nitrogens with zero attached hydrogens (tertiary/aromatic N) is 1. The molecule has 1 aromatic carbocycles. The van der Waals surface area contributed by atoms with Gasteiger partial charge in [-0.25, -0.2) is 0 Å². The van der Waals surface area contributed by atoms with Gasteiger partial charge in [-0.1, -0.05) is 24.6 Å². The predicted molar refractivity (Wildman–Crippen MR) is 95.3 cm³/mol. The molecule has 0 radical (unpaired) electrons. The third-order valence-electron chi connectivity index (χ3n) is 5.30. The van der Waals surface area contributed by atoms with Crippen LogP contribution in [0.1, 0.15) is 24.8 Å². The van der Waals surface area contributed by atoms with Gasteiger partial charge in [0.2, 0.25) is 0 Å². The summed E-state index contributed by atoms with van der Waals surface area (Å²) < 4.78 is 17.3. The number of morpholine rings is 1. The van der Waals surface area contributed by atoms with Crippen molar-refractivity contribution in [2.24, 2.45) is 5.92 Å². The Morgan fingerprint density at radius 2 is 2.21 bits per heavy atom. The number of rotatable bonds is 7. The molecule has 2 fully saturated rings. The molecule has 0 N–H and O–H groups in total. The van der Waals surface area contributed by atoms with E-state index in [0.29, 0.717) is 12.5 Å². The first-order valence-corrected chi connectivity index (χ1v) is 8.93. The van der Waals surface area contributed by atoms with Gasteiger partial charge in [0.25, 0.3) is 0 Å². The summed E-state index contributed by atoms with van der Waals surface area (Å²) >= 11 is 0. The summed E-state index contributed by atoms with van der Waals surface area (Å²) in [6.45, 7) is 8.91. The van der Waals surface area contributed by atoms with E-state index in [1.807, 2.05) is 18.2 Å².